The SMILES string of the molecule is CCn1n[n+](C)cc1-c1ccccc1. The monoisotopic (exact) mass is 188 g/mol. The number of aryl methyl sites for hydroxylation is 2. The Labute approximate surface area is 83.6 Å². The van der Waals surface area contributed by atoms with Crippen LogP contribution >= 0.6 is 0 Å². The molecule has 0 atom stereocenters. The van der Waals surface area contributed by atoms with Crippen molar-refractivity contribution in [1.82, 2.24) is 9.90 Å². The minimum atomic E-state index is 0.894. The molecule has 1 aromatic heterocycles. The lowest BCUT2D eigenvalue weighted by Gasteiger charge is -1.94. The van der Waals surface area contributed by atoms with Gasteiger partial charge in [-0.1, -0.05) is 30.3 Å². The average Bonchev–Trinajstić information content (AvgIpc) is 2.61. The summed E-state index contributed by atoms with van der Waals surface area (Å²) in [6, 6.07) is 10.3. The van der Waals surface area contributed by atoms with Crippen LogP contribution < -0.4 is 4.68 Å². The predicted molar refractivity (Wildman–Crippen MR) is 54.5 cm³/mol. The molecule has 2 rings (SSSR count). The summed E-state index contributed by atoms with van der Waals surface area (Å²) in [4.78, 5) is 0. The molecule has 0 bridgehead atoms. The van der Waals surface area contributed by atoms with Crippen LogP contribution in [0.15, 0.2) is 36.5 Å². The molecule has 2 aromatic rings. The van der Waals surface area contributed by atoms with Crippen LogP contribution in [0.2, 0.25) is 0 Å². The standard InChI is InChI=1S/C11H14N3/c1-3-14-11(9-13(2)12-14)10-7-5-4-6-8-10/h4-9H,3H2,1-2H3/q+1. The van der Waals surface area contributed by atoms with E-state index in [4.69, 9.17) is 0 Å². The fraction of sp³-hybridized carbons (Fsp3) is 0.273. The highest BCUT2D eigenvalue weighted by Crippen LogP contribution is 2.15. The number of nitrogens with zero attached hydrogens (tertiary/aromatic N) is 3. The van der Waals surface area contributed by atoms with E-state index in [0.717, 1.165) is 12.2 Å². The van der Waals surface area contributed by atoms with E-state index in [2.05, 4.69) is 24.3 Å². The van der Waals surface area contributed by atoms with Crippen LogP contribution in [-0.2, 0) is 13.6 Å². The highest BCUT2D eigenvalue weighted by atomic mass is 15.5. The van der Waals surface area contributed by atoms with Crippen molar-refractivity contribution in [2.75, 3.05) is 0 Å². The molecule has 0 spiro atoms. The smallest absolute Gasteiger partial charge is 0.140 e. The van der Waals surface area contributed by atoms with Gasteiger partial charge in [-0.15, -0.1) is 9.36 Å². The molecule has 0 saturated heterocycles. The molecule has 1 heterocycles. The topological polar surface area (TPSA) is 21.7 Å². The van der Waals surface area contributed by atoms with Gasteiger partial charge in [-0.05, 0) is 6.92 Å². The fourth-order valence-electron chi connectivity index (χ4n) is 1.55. The molecular weight excluding hydrogens is 174 g/mol. The van der Waals surface area contributed by atoms with E-state index in [-0.39, 0.29) is 0 Å². The normalized spacial score (nSPS) is 10.4. The summed E-state index contributed by atoms with van der Waals surface area (Å²) in [5, 5.41) is 4.34. The fourth-order valence-corrected chi connectivity index (χ4v) is 1.55. The zero-order valence-electron chi connectivity index (χ0n) is 8.51. The maximum atomic E-state index is 4.34. The minimum absolute atomic E-state index is 0.894. The molecule has 0 N–H and O–H groups in total. The van der Waals surface area contributed by atoms with Crippen LogP contribution in [0.3, 0.4) is 0 Å². The van der Waals surface area contributed by atoms with Crippen molar-refractivity contribution in [2.45, 2.75) is 13.5 Å². The van der Waals surface area contributed by atoms with Gasteiger partial charge in [0.2, 0.25) is 0 Å². The van der Waals surface area contributed by atoms with E-state index in [9.17, 15) is 0 Å². The van der Waals surface area contributed by atoms with Crippen LogP contribution in [0, 0.1) is 0 Å². The Hall–Kier alpha value is -1.64. The number of hydrogen-bond acceptors (Lipinski definition) is 1. The lowest BCUT2D eigenvalue weighted by Crippen LogP contribution is -2.30. The molecule has 3 nitrogen and oxygen atoms in total. The second-order valence-electron chi connectivity index (χ2n) is 3.26. The predicted octanol–water partition coefficient (Wildman–Crippen LogP) is 1.39. The number of benzene rings is 1. The molecule has 0 aliphatic heterocycles. The van der Waals surface area contributed by atoms with Gasteiger partial charge in [-0.2, -0.15) is 0 Å². The second kappa shape index (κ2) is 3.62. The summed E-state index contributed by atoms with van der Waals surface area (Å²) in [7, 11) is 1.94. The van der Waals surface area contributed by atoms with Gasteiger partial charge in [0.15, 0.2) is 11.9 Å². The highest BCUT2D eigenvalue weighted by Gasteiger charge is 2.13. The van der Waals surface area contributed by atoms with E-state index in [0.29, 0.717) is 0 Å². The first-order valence-corrected chi connectivity index (χ1v) is 4.80. The Bertz CT molecular complexity index is 417. The van der Waals surface area contributed by atoms with Gasteiger partial charge < -0.3 is 0 Å². The van der Waals surface area contributed by atoms with E-state index in [1.165, 1.54) is 5.56 Å². The summed E-state index contributed by atoms with van der Waals surface area (Å²) in [5.74, 6) is 0. The Morgan fingerprint density at radius 1 is 1.29 bits per heavy atom. The third kappa shape index (κ3) is 1.53. The van der Waals surface area contributed by atoms with Gasteiger partial charge in [-0.25, -0.2) is 0 Å². The van der Waals surface area contributed by atoms with Crippen LogP contribution in [0.4, 0.5) is 0 Å². The molecule has 0 fully saturated rings. The van der Waals surface area contributed by atoms with Crippen LogP contribution in [-0.4, -0.2) is 9.90 Å². The van der Waals surface area contributed by atoms with Gasteiger partial charge in [-0.3, -0.25) is 0 Å². The quantitative estimate of drug-likeness (QED) is 0.653. The van der Waals surface area contributed by atoms with Gasteiger partial charge in [0.05, 0.1) is 5.21 Å². The van der Waals surface area contributed by atoms with Crippen LogP contribution in [0.1, 0.15) is 6.92 Å². The van der Waals surface area contributed by atoms with Gasteiger partial charge in [0.25, 0.3) is 0 Å². The summed E-state index contributed by atoms with van der Waals surface area (Å²) in [5.41, 5.74) is 2.37. The molecule has 0 amide bonds. The Balaban J connectivity index is 2.51. The Morgan fingerprint density at radius 3 is 2.64 bits per heavy atom. The lowest BCUT2D eigenvalue weighted by molar-refractivity contribution is -0.732. The van der Waals surface area contributed by atoms with Gasteiger partial charge in [0.1, 0.15) is 13.6 Å². The molecule has 14 heavy (non-hydrogen) atoms. The maximum Gasteiger partial charge on any atom is 0.197 e. The van der Waals surface area contributed by atoms with Crippen molar-refractivity contribution in [1.29, 1.82) is 0 Å². The van der Waals surface area contributed by atoms with Crippen molar-refractivity contribution in [3.05, 3.63) is 36.5 Å². The lowest BCUT2D eigenvalue weighted by atomic mass is 10.2. The molecule has 1 aromatic carbocycles. The Morgan fingerprint density at radius 2 is 2.00 bits per heavy atom. The van der Waals surface area contributed by atoms with Crippen molar-refractivity contribution >= 4 is 0 Å². The zero-order valence-corrected chi connectivity index (χ0v) is 8.51. The van der Waals surface area contributed by atoms with E-state index < -0.39 is 0 Å². The largest absolute Gasteiger partial charge is 0.197 e. The van der Waals surface area contributed by atoms with Crippen molar-refractivity contribution in [3.8, 4) is 11.3 Å². The zero-order chi connectivity index (χ0) is 9.97. The first kappa shape index (κ1) is 8.94. The summed E-state index contributed by atoms with van der Waals surface area (Å²) in [6.07, 6.45) is 2.04. The molecule has 72 valence electrons. The van der Waals surface area contributed by atoms with E-state index in [1.807, 2.05) is 40.8 Å². The average molecular weight is 188 g/mol. The van der Waals surface area contributed by atoms with Crippen molar-refractivity contribution < 1.29 is 4.68 Å². The van der Waals surface area contributed by atoms with Gasteiger partial charge in [0, 0.05) is 5.56 Å². The van der Waals surface area contributed by atoms with Crippen molar-refractivity contribution in [3.63, 3.8) is 0 Å². The van der Waals surface area contributed by atoms with E-state index in [1.54, 1.807) is 0 Å². The summed E-state index contributed by atoms with van der Waals surface area (Å²) >= 11 is 0. The number of aromatic nitrogens is 3. The van der Waals surface area contributed by atoms with Crippen molar-refractivity contribution in [2.24, 2.45) is 7.05 Å². The molecule has 0 aliphatic rings. The molecule has 0 saturated carbocycles. The summed E-state index contributed by atoms with van der Waals surface area (Å²) < 4.78 is 3.83. The van der Waals surface area contributed by atoms with Gasteiger partial charge >= 0.3 is 0 Å². The molecular formula is C11H14N3+. The molecule has 0 radical (unpaired) electrons. The maximum absolute atomic E-state index is 4.34. The first-order chi connectivity index (χ1) is 6.81. The third-order valence-electron chi connectivity index (χ3n) is 2.21. The Kier molecular flexibility index (Phi) is 2.31. The highest BCUT2D eigenvalue weighted by molar-refractivity contribution is 5.57. The third-order valence-corrected chi connectivity index (χ3v) is 2.21. The van der Waals surface area contributed by atoms with Crippen LogP contribution in [0.25, 0.3) is 11.3 Å². The second-order valence-corrected chi connectivity index (χ2v) is 3.26. The van der Waals surface area contributed by atoms with E-state index >= 15 is 0 Å². The molecule has 0 unspecified atom stereocenters. The molecule has 3 heteroatoms. The summed E-state index contributed by atoms with van der Waals surface area (Å²) in [6.45, 7) is 2.99. The molecule has 0 aliphatic carbocycles. The number of rotatable bonds is 2. The minimum Gasteiger partial charge on any atom is -0.140 e. The van der Waals surface area contributed by atoms with Crippen LogP contribution in [0.5, 0.6) is 0 Å². The first-order valence-electron chi connectivity index (χ1n) is 4.80. The number of hydrogen-bond donors (Lipinski definition) is 0.